The van der Waals surface area contributed by atoms with E-state index in [0.717, 1.165) is 22.4 Å². The Labute approximate surface area is 214 Å². The normalized spacial score (nSPS) is 14.1. The predicted molar refractivity (Wildman–Crippen MR) is 139 cm³/mol. The predicted octanol–water partition coefficient (Wildman–Crippen LogP) is 4.78. The van der Waals surface area contributed by atoms with Crippen molar-refractivity contribution in [2.45, 2.75) is 32.1 Å². The first-order valence-electron chi connectivity index (χ1n) is 11.9. The molecule has 1 aliphatic carbocycles. The van der Waals surface area contributed by atoms with Gasteiger partial charge in [0.05, 0.1) is 26.3 Å². The first-order valence-corrected chi connectivity index (χ1v) is 11.9. The molecule has 0 fully saturated rings. The summed E-state index contributed by atoms with van der Waals surface area (Å²) < 4.78 is 19.1. The molecule has 4 aromatic rings. The molecule has 1 aliphatic rings. The summed E-state index contributed by atoms with van der Waals surface area (Å²) in [5.41, 5.74) is 4.14. The van der Waals surface area contributed by atoms with E-state index in [9.17, 15) is 15.0 Å². The van der Waals surface area contributed by atoms with Crippen LogP contribution in [-0.4, -0.2) is 46.3 Å². The highest BCUT2D eigenvalue weighted by Crippen LogP contribution is 2.35. The van der Waals surface area contributed by atoms with Crippen molar-refractivity contribution in [3.63, 3.8) is 0 Å². The number of hydrogen-bond acceptors (Lipinski definition) is 6. The summed E-state index contributed by atoms with van der Waals surface area (Å²) in [6.07, 6.45) is 2.57. The van der Waals surface area contributed by atoms with Crippen LogP contribution >= 0.6 is 0 Å². The van der Waals surface area contributed by atoms with E-state index in [2.05, 4.69) is 11.2 Å². The van der Waals surface area contributed by atoms with Gasteiger partial charge in [0, 0.05) is 23.6 Å². The van der Waals surface area contributed by atoms with E-state index in [-0.39, 0.29) is 12.1 Å². The number of allylic oxidation sites excluding steroid dienone is 1. The summed E-state index contributed by atoms with van der Waals surface area (Å²) in [5, 5.41) is 26.3. The van der Waals surface area contributed by atoms with Crippen LogP contribution in [0.4, 0.5) is 0 Å². The van der Waals surface area contributed by atoms with Crippen molar-refractivity contribution in [3.8, 4) is 11.5 Å². The van der Waals surface area contributed by atoms with E-state index in [1.807, 2.05) is 37.3 Å². The third kappa shape index (κ3) is 4.75. The second-order valence-corrected chi connectivity index (χ2v) is 9.04. The average Bonchev–Trinajstić information content (AvgIpc) is 3.50. The first kappa shape index (κ1) is 24.4. The van der Waals surface area contributed by atoms with Gasteiger partial charge >= 0.3 is 5.97 Å². The second kappa shape index (κ2) is 9.99. The minimum absolute atomic E-state index is 0.122. The number of aliphatic hydroxyl groups is 1. The summed E-state index contributed by atoms with van der Waals surface area (Å²) in [5.74, 6) is 0.877. The Hall–Kier alpha value is -4.30. The van der Waals surface area contributed by atoms with Crippen LogP contribution in [0.3, 0.4) is 0 Å². The molecule has 0 amide bonds. The van der Waals surface area contributed by atoms with Crippen molar-refractivity contribution in [2.24, 2.45) is 0 Å². The van der Waals surface area contributed by atoms with Crippen LogP contribution in [0.1, 0.15) is 38.7 Å². The van der Waals surface area contributed by atoms with Gasteiger partial charge in [-0.25, -0.2) is 4.79 Å². The zero-order valence-corrected chi connectivity index (χ0v) is 20.8. The highest BCUT2D eigenvalue weighted by atomic mass is 16.5. The fourth-order valence-corrected chi connectivity index (χ4v) is 4.76. The van der Waals surface area contributed by atoms with Gasteiger partial charge in [-0.2, -0.15) is 5.10 Å². The van der Waals surface area contributed by atoms with E-state index in [4.69, 9.17) is 14.2 Å². The number of nitrogens with zero attached hydrogens (tertiary/aromatic N) is 2. The van der Waals surface area contributed by atoms with Gasteiger partial charge in [0.2, 0.25) is 0 Å². The number of fused-ring (bicyclic) bond motifs is 2. The number of carboxylic acids is 1. The van der Waals surface area contributed by atoms with Crippen molar-refractivity contribution in [1.82, 2.24) is 9.78 Å². The van der Waals surface area contributed by atoms with E-state index in [1.165, 1.54) is 6.07 Å². The number of carbonyl (C=O) groups is 1. The van der Waals surface area contributed by atoms with Crippen molar-refractivity contribution in [2.75, 3.05) is 14.2 Å². The molecule has 8 nitrogen and oxygen atoms in total. The summed E-state index contributed by atoms with van der Waals surface area (Å²) >= 11 is 0. The van der Waals surface area contributed by atoms with Crippen molar-refractivity contribution in [3.05, 3.63) is 94.4 Å². The Morgan fingerprint density at radius 1 is 1.08 bits per heavy atom. The molecule has 0 saturated heterocycles. The van der Waals surface area contributed by atoms with Gasteiger partial charge in [-0.3, -0.25) is 4.68 Å². The highest BCUT2D eigenvalue weighted by Gasteiger charge is 2.28. The maximum atomic E-state index is 11.7. The number of aromatic nitrogens is 2. The molecule has 0 saturated carbocycles. The van der Waals surface area contributed by atoms with Gasteiger partial charge in [0.1, 0.15) is 35.0 Å². The molecule has 1 heterocycles. The van der Waals surface area contributed by atoms with Gasteiger partial charge in [0.15, 0.2) is 0 Å². The van der Waals surface area contributed by atoms with Crippen molar-refractivity contribution >= 4 is 22.9 Å². The van der Waals surface area contributed by atoms with Crippen LogP contribution in [0, 0.1) is 6.92 Å². The number of aromatic carboxylic acids is 1. The number of carboxylic acid groups (broad SMARTS) is 1. The van der Waals surface area contributed by atoms with Crippen molar-refractivity contribution < 1.29 is 29.2 Å². The topological polar surface area (TPSA) is 103 Å². The maximum absolute atomic E-state index is 11.7. The molecule has 0 unspecified atom stereocenters. The first-order chi connectivity index (χ1) is 17.9. The molecule has 5 rings (SSSR count). The zero-order valence-electron chi connectivity index (χ0n) is 20.8. The summed E-state index contributed by atoms with van der Waals surface area (Å²) in [6.45, 7) is 2.07. The molecule has 37 heavy (non-hydrogen) atoms. The van der Waals surface area contributed by atoms with Crippen LogP contribution in [0.15, 0.2) is 66.6 Å². The van der Waals surface area contributed by atoms with Crippen LogP contribution in [0.2, 0.25) is 0 Å². The van der Waals surface area contributed by atoms with Crippen molar-refractivity contribution in [1.29, 1.82) is 0 Å². The monoisotopic (exact) mass is 500 g/mol. The quantitative estimate of drug-likeness (QED) is 0.341. The third-order valence-electron chi connectivity index (χ3n) is 6.69. The Balaban J connectivity index is 1.51. The van der Waals surface area contributed by atoms with Crippen LogP contribution in [-0.2, 0) is 17.7 Å². The van der Waals surface area contributed by atoms with E-state index in [1.54, 1.807) is 43.3 Å². The molecular weight excluding hydrogens is 472 g/mol. The number of hydrogen-bond donors (Lipinski definition) is 2. The zero-order chi connectivity index (χ0) is 26.1. The largest absolute Gasteiger partial charge is 0.496 e. The molecule has 0 bridgehead atoms. The van der Waals surface area contributed by atoms with Crippen LogP contribution in [0.5, 0.6) is 11.5 Å². The Kier molecular flexibility index (Phi) is 6.58. The number of aliphatic hydroxyl groups excluding tert-OH is 1. The SMILES string of the molecule is COc1cc([C@@H](O)[C@H](Cn2cc3cccc(C(=O)O)c3n2)OC2=Cc3ccccc3C2)cc(OC)c1C. The van der Waals surface area contributed by atoms with Crippen LogP contribution in [0.25, 0.3) is 17.0 Å². The van der Waals surface area contributed by atoms with E-state index in [0.29, 0.717) is 34.4 Å². The molecule has 2 atom stereocenters. The van der Waals surface area contributed by atoms with Gasteiger partial charge in [-0.05, 0) is 47.9 Å². The van der Waals surface area contributed by atoms with Gasteiger partial charge in [-0.15, -0.1) is 0 Å². The molecule has 2 N–H and O–H groups in total. The number of rotatable bonds is 9. The minimum atomic E-state index is -1.06. The van der Waals surface area contributed by atoms with Crippen LogP contribution < -0.4 is 9.47 Å². The minimum Gasteiger partial charge on any atom is -0.496 e. The van der Waals surface area contributed by atoms with Gasteiger partial charge in [-0.1, -0.05) is 36.4 Å². The van der Waals surface area contributed by atoms with E-state index >= 15 is 0 Å². The highest BCUT2D eigenvalue weighted by molar-refractivity contribution is 6.01. The lowest BCUT2D eigenvalue weighted by Gasteiger charge is -2.26. The maximum Gasteiger partial charge on any atom is 0.337 e. The lowest BCUT2D eigenvalue weighted by Crippen LogP contribution is -2.28. The molecule has 3 aromatic carbocycles. The lowest BCUT2D eigenvalue weighted by atomic mass is 10.0. The Morgan fingerprint density at radius 2 is 1.81 bits per heavy atom. The molecule has 1 aromatic heterocycles. The fraction of sp³-hybridized carbons (Fsp3) is 0.241. The summed E-state index contributed by atoms with van der Waals surface area (Å²) in [7, 11) is 3.14. The molecule has 190 valence electrons. The lowest BCUT2D eigenvalue weighted by molar-refractivity contribution is -0.0169. The average molecular weight is 501 g/mol. The fourth-order valence-electron chi connectivity index (χ4n) is 4.76. The molecule has 0 spiro atoms. The molecular formula is C29H28N2O6. The van der Waals surface area contributed by atoms with Gasteiger partial charge in [0.25, 0.3) is 0 Å². The van der Waals surface area contributed by atoms with Gasteiger partial charge < -0.3 is 24.4 Å². The second-order valence-electron chi connectivity index (χ2n) is 9.04. The third-order valence-corrected chi connectivity index (χ3v) is 6.69. The molecule has 0 aliphatic heterocycles. The van der Waals surface area contributed by atoms with E-state index < -0.39 is 18.2 Å². The summed E-state index contributed by atoms with van der Waals surface area (Å²) in [6, 6.07) is 16.6. The molecule has 0 radical (unpaired) electrons. The Bertz CT molecular complexity index is 1480. The molecule has 8 heteroatoms. The Morgan fingerprint density at radius 3 is 2.49 bits per heavy atom. The smallest absolute Gasteiger partial charge is 0.337 e. The standard InChI is InChI=1S/C29H28N2O6/c1-17-24(35-2)13-21(14-25(17)36-3)28(32)26(37-22-11-18-7-4-5-8-19(18)12-22)16-31-15-20-9-6-10-23(29(33)34)27(20)30-31/h4-11,13-15,26,28,32H,12,16H2,1-3H3,(H,33,34)/t26-,28+/m0/s1. The number of ether oxygens (including phenoxy) is 3. The summed E-state index contributed by atoms with van der Waals surface area (Å²) in [4.78, 5) is 11.7. The number of benzene rings is 3. The number of methoxy groups -OCH3 is 2.